The van der Waals surface area contributed by atoms with Crippen molar-refractivity contribution in [3.8, 4) is 0 Å². The van der Waals surface area contributed by atoms with Gasteiger partial charge in [0.1, 0.15) is 0 Å². The zero-order chi connectivity index (χ0) is 17.1. The maximum atomic E-state index is 12.0. The number of fused-ring (bicyclic) bond motifs is 2. The van der Waals surface area contributed by atoms with Gasteiger partial charge in [-0.3, -0.25) is 4.90 Å². The Hall–Kier alpha value is -1.59. The maximum Gasteiger partial charge on any atom is 0.314 e. The van der Waals surface area contributed by atoms with Crippen LogP contribution in [0.15, 0.2) is 24.3 Å². The number of nitrogens with one attached hydrogen (secondary N) is 2. The molecule has 25 heavy (non-hydrogen) atoms. The van der Waals surface area contributed by atoms with E-state index in [1.165, 1.54) is 30.4 Å². The van der Waals surface area contributed by atoms with Crippen molar-refractivity contribution in [3.05, 3.63) is 35.4 Å². The molecule has 5 nitrogen and oxygen atoms in total. The van der Waals surface area contributed by atoms with Gasteiger partial charge in [-0.15, -0.1) is 0 Å². The molecular weight excluding hydrogens is 314 g/mol. The van der Waals surface area contributed by atoms with Crippen LogP contribution in [0.1, 0.15) is 30.4 Å². The molecule has 2 amide bonds. The number of nitrogens with zero attached hydrogens (tertiary/aromatic N) is 1. The fraction of sp³-hybridized carbons (Fsp3) is 0.650. The van der Waals surface area contributed by atoms with E-state index in [1.807, 2.05) is 0 Å². The number of rotatable bonds is 6. The van der Waals surface area contributed by atoms with Gasteiger partial charge in [-0.1, -0.05) is 24.3 Å². The van der Waals surface area contributed by atoms with Crippen molar-refractivity contribution in [1.82, 2.24) is 15.5 Å². The van der Waals surface area contributed by atoms with E-state index in [0.717, 1.165) is 52.4 Å². The second kappa shape index (κ2) is 7.34. The first-order valence-electron chi connectivity index (χ1n) is 9.68. The third-order valence-electron chi connectivity index (χ3n) is 6.18. The van der Waals surface area contributed by atoms with Crippen LogP contribution >= 0.6 is 0 Å². The monoisotopic (exact) mass is 343 g/mol. The Labute approximate surface area is 150 Å². The van der Waals surface area contributed by atoms with Crippen LogP contribution in [0.2, 0.25) is 0 Å². The van der Waals surface area contributed by atoms with Crippen LogP contribution in [0.3, 0.4) is 0 Å². The number of benzene rings is 1. The highest BCUT2D eigenvalue weighted by Crippen LogP contribution is 2.61. The molecule has 1 spiro atoms. The molecular formula is C20H29N3O2. The van der Waals surface area contributed by atoms with Crippen LogP contribution in [0.4, 0.5) is 4.79 Å². The summed E-state index contributed by atoms with van der Waals surface area (Å²) < 4.78 is 5.34. The van der Waals surface area contributed by atoms with Crippen molar-refractivity contribution in [3.63, 3.8) is 0 Å². The number of morpholine rings is 1. The number of carbonyl (C=O) groups is 1. The van der Waals surface area contributed by atoms with Gasteiger partial charge in [0.25, 0.3) is 0 Å². The molecule has 0 aromatic heterocycles. The number of ether oxygens (including phenoxy) is 1. The van der Waals surface area contributed by atoms with E-state index in [4.69, 9.17) is 4.74 Å². The van der Waals surface area contributed by atoms with Gasteiger partial charge in [0.15, 0.2) is 0 Å². The first-order chi connectivity index (χ1) is 12.3. The quantitative estimate of drug-likeness (QED) is 0.776. The molecule has 1 aliphatic heterocycles. The number of carbonyl (C=O) groups excluding carboxylic acids is 1. The average molecular weight is 343 g/mol. The second-order valence-corrected chi connectivity index (χ2v) is 7.66. The predicted octanol–water partition coefficient (Wildman–Crippen LogP) is 1.91. The second-order valence-electron chi connectivity index (χ2n) is 7.66. The number of aryl methyl sites for hydroxylation is 1. The molecule has 2 N–H and O–H groups in total. The Morgan fingerprint density at radius 1 is 1.24 bits per heavy atom. The van der Waals surface area contributed by atoms with E-state index < -0.39 is 0 Å². The van der Waals surface area contributed by atoms with Crippen molar-refractivity contribution in [1.29, 1.82) is 0 Å². The molecule has 0 radical (unpaired) electrons. The first-order valence-corrected chi connectivity index (χ1v) is 9.68. The largest absolute Gasteiger partial charge is 0.379 e. The average Bonchev–Trinajstić information content (AvgIpc) is 3.24. The molecule has 4 rings (SSSR count). The van der Waals surface area contributed by atoms with Gasteiger partial charge in [-0.05, 0) is 49.3 Å². The summed E-state index contributed by atoms with van der Waals surface area (Å²) in [7, 11) is 0. The lowest BCUT2D eigenvalue weighted by Gasteiger charge is -2.26. The molecule has 3 aliphatic rings. The van der Waals surface area contributed by atoms with Gasteiger partial charge >= 0.3 is 6.03 Å². The molecule has 1 saturated heterocycles. The molecule has 1 aromatic rings. The van der Waals surface area contributed by atoms with Crippen LogP contribution in [0.25, 0.3) is 0 Å². The zero-order valence-electron chi connectivity index (χ0n) is 14.9. The Morgan fingerprint density at radius 3 is 2.96 bits per heavy atom. The minimum absolute atomic E-state index is 0.0182. The Morgan fingerprint density at radius 2 is 2.08 bits per heavy atom. The van der Waals surface area contributed by atoms with E-state index in [1.54, 1.807) is 0 Å². The third-order valence-corrected chi connectivity index (χ3v) is 6.18. The fourth-order valence-corrected chi connectivity index (χ4v) is 4.61. The summed E-state index contributed by atoms with van der Waals surface area (Å²) in [5.74, 6) is 0.607. The van der Waals surface area contributed by atoms with E-state index in [2.05, 4.69) is 39.8 Å². The summed E-state index contributed by atoms with van der Waals surface area (Å²) in [5.41, 5.74) is 3.41. The van der Waals surface area contributed by atoms with Crippen molar-refractivity contribution in [2.75, 3.05) is 45.9 Å². The van der Waals surface area contributed by atoms with Gasteiger partial charge < -0.3 is 15.4 Å². The number of hydrogen-bond donors (Lipinski definition) is 2. The summed E-state index contributed by atoms with van der Waals surface area (Å²) >= 11 is 0. The minimum atomic E-state index is -0.0182. The Kier molecular flexibility index (Phi) is 4.95. The normalized spacial score (nSPS) is 27.9. The van der Waals surface area contributed by atoms with Crippen molar-refractivity contribution >= 4 is 6.03 Å². The van der Waals surface area contributed by atoms with Crippen LogP contribution in [0.5, 0.6) is 0 Å². The minimum Gasteiger partial charge on any atom is -0.379 e. The van der Waals surface area contributed by atoms with Crippen molar-refractivity contribution in [2.24, 2.45) is 5.92 Å². The SMILES string of the molecule is O=C(NCCCN1CCOCC1)NC[C@H]1C[C@@]12CCc1ccccc12. The van der Waals surface area contributed by atoms with Crippen LogP contribution in [0, 0.1) is 5.92 Å². The van der Waals surface area contributed by atoms with E-state index >= 15 is 0 Å². The maximum absolute atomic E-state index is 12.0. The highest BCUT2D eigenvalue weighted by atomic mass is 16.5. The van der Waals surface area contributed by atoms with Crippen LogP contribution < -0.4 is 10.6 Å². The molecule has 2 atom stereocenters. The highest BCUT2D eigenvalue weighted by molar-refractivity contribution is 5.73. The molecule has 1 saturated carbocycles. The van der Waals surface area contributed by atoms with Gasteiger partial charge in [0.05, 0.1) is 13.2 Å². The lowest BCUT2D eigenvalue weighted by atomic mass is 9.95. The molecule has 0 bridgehead atoms. The van der Waals surface area contributed by atoms with Crippen molar-refractivity contribution in [2.45, 2.75) is 31.1 Å². The summed E-state index contributed by atoms with van der Waals surface area (Å²) in [6.45, 7) is 6.26. The summed E-state index contributed by atoms with van der Waals surface area (Å²) in [6.07, 6.45) is 4.66. The molecule has 2 aliphatic carbocycles. The van der Waals surface area contributed by atoms with Gasteiger partial charge in [0.2, 0.25) is 0 Å². The lowest BCUT2D eigenvalue weighted by Crippen LogP contribution is -2.40. The molecule has 0 unspecified atom stereocenters. The third kappa shape index (κ3) is 3.67. The van der Waals surface area contributed by atoms with Crippen LogP contribution in [-0.4, -0.2) is 56.9 Å². The van der Waals surface area contributed by atoms with Crippen molar-refractivity contribution < 1.29 is 9.53 Å². The predicted molar refractivity (Wildman–Crippen MR) is 97.8 cm³/mol. The zero-order valence-corrected chi connectivity index (χ0v) is 14.9. The van der Waals surface area contributed by atoms with E-state index in [0.29, 0.717) is 11.3 Å². The number of urea groups is 1. The van der Waals surface area contributed by atoms with E-state index in [-0.39, 0.29) is 6.03 Å². The molecule has 5 heteroatoms. The Bertz CT molecular complexity index is 615. The topological polar surface area (TPSA) is 53.6 Å². The lowest BCUT2D eigenvalue weighted by molar-refractivity contribution is 0.0375. The Balaban J connectivity index is 1.14. The number of amides is 2. The number of hydrogen-bond acceptors (Lipinski definition) is 3. The van der Waals surface area contributed by atoms with E-state index in [9.17, 15) is 4.79 Å². The fourth-order valence-electron chi connectivity index (χ4n) is 4.61. The molecule has 1 aromatic carbocycles. The first kappa shape index (κ1) is 16.9. The molecule has 1 heterocycles. The summed E-state index contributed by atoms with van der Waals surface area (Å²) in [6, 6.07) is 8.81. The smallest absolute Gasteiger partial charge is 0.314 e. The summed E-state index contributed by atoms with van der Waals surface area (Å²) in [5, 5.41) is 6.08. The molecule has 2 fully saturated rings. The molecule has 136 valence electrons. The van der Waals surface area contributed by atoms with Gasteiger partial charge in [-0.25, -0.2) is 4.79 Å². The van der Waals surface area contributed by atoms with Gasteiger partial charge in [0, 0.05) is 31.6 Å². The standard InChI is InChI=1S/C20H29N3O2/c24-19(21-8-3-9-23-10-12-25-13-11-23)22-15-17-14-20(17)7-6-16-4-1-2-5-18(16)20/h1-2,4-5,17H,3,6-15H2,(H2,21,22,24)/t17-,20+/m1/s1. The highest BCUT2D eigenvalue weighted by Gasteiger charge is 2.57. The van der Waals surface area contributed by atoms with Gasteiger partial charge in [-0.2, -0.15) is 0 Å². The summed E-state index contributed by atoms with van der Waals surface area (Å²) in [4.78, 5) is 14.4. The van der Waals surface area contributed by atoms with Crippen LogP contribution in [-0.2, 0) is 16.6 Å².